The summed E-state index contributed by atoms with van der Waals surface area (Å²) in [6.45, 7) is 3.97. The van der Waals surface area contributed by atoms with Gasteiger partial charge in [0.15, 0.2) is 0 Å². The van der Waals surface area contributed by atoms with Gasteiger partial charge < -0.3 is 5.32 Å². The Bertz CT molecular complexity index is 540. The van der Waals surface area contributed by atoms with E-state index in [9.17, 15) is 0 Å². The second-order valence-electron chi connectivity index (χ2n) is 4.54. The van der Waals surface area contributed by atoms with Crippen LogP contribution in [0.5, 0.6) is 0 Å². The SMILES string of the molecule is CC(NCCCn1cccn1)c1cccc(C#N)c1. The van der Waals surface area contributed by atoms with Crippen LogP contribution in [0.2, 0.25) is 0 Å². The van der Waals surface area contributed by atoms with Crippen molar-refractivity contribution in [3.05, 3.63) is 53.9 Å². The highest BCUT2D eigenvalue weighted by molar-refractivity contribution is 5.33. The first-order valence-electron chi connectivity index (χ1n) is 6.50. The van der Waals surface area contributed by atoms with Gasteiger partial charge in [-0.15, -0.1) is 0 Å². The standard InChI is InChI=1S/C15H18N4/c1-13(15-6-2-5-14(11-15)12-16)17-7-3-9-19-10-4-8-18-19/h2,4-6,8,10-11,13,17H,3,7,9H2,1H3. The number of aromatic nitrogens is 2. The average molecular weight is 254 g/mol. The zero-order valence-corrected chi connectivity index (χ0v) is 11.1. The molecule has 0 radical (unpaired) electrons. The van der Waals surface area contributed by atoms with Crippen LogP contribution < -0.4 is 5.32 Å². The van der Waals surface area contributed by atoms with Gasteiger partial charge in [-0.05, 0) is 43.7 Å². The quantitative estimate of drug-likeness (QED) is 0.806. The number of nitrogens with one attached hydrogen (secondary N) is 1. The maximum atomic E-state index is 8.88. The molecule has 0 saturated carbocycles. The van der Waals surface area contributed by atoms with Crippen molar-refractivity contribution in [2.24, 2.45) is 0 Å². The van der Waals surface area contributed by atoms with E-state index in [0.29, 0.717) is 5.56 Å². The Hall–Kier alpha value is -2.12. The molecule has 4 heteroatoms. The largest absolute Gasteiger partial charge is 0.310 e. The summed E-state index contributed by atoms with van der Waals surface area (Å²) in [6.07, 6.45) is 4.80. The molecular weight excluding hydrogens is 236 g/mol. The summed E-state index contributed by atoms with van der Waals surface area (Å²) in [5.74, 6) is 0. The predicted molar refractivity (Wildman–Crippen MR) is 74.4 cm³/mol. The van der Waals surface area contributed by atoms with Crippen LogP contribution >= 0.6 is 0 Å². The van der Waals surface area contributed by atoms with Crippen molar-refractivity contribution in [1.82, 2.24) is 15.1 Å². The third-order valence-electron chi connectivity index (χ3n) is 3.09. The summed E-state index contributed by atoms with van der Waals surface area (Å²) < 4.78 is 1.93. The highest BCUT2D eigenvalue weighted by Crippen LogP contribution is 2.13. The lowest BCUT2D eigenvalue weighted by atomic mass is 10.1. The maximum Gasteiger partial charge on any atom is 0.0991 e. The minimum absolute atomic E-state index is 0.255. The molecule has 1 N–H and O–H groups in total. The molecule has 19 heavy (non-hydrogen) atoms. The zero-order chi connectivity index (χ0) is 13.5. The monoisotopic (exact) mass is 254 g/mol. The Morgan fingerprint density at radius 3 is 3.05 bits per heavy atom. The van der Waals surface area contributed by atoms with Gasteiger partial charge in [-0.25, -0.2) is 0 Å². The summed E-state index contributed by atoms with van der Waals surface area (Å²) in [4.78, 5) is 0. The number of nitriles is 1. The Labute approximate surface area is 113 Å². The van der Waals surface area contributed by atoms with Gasteiger partial charge in [0.25, 0.3) is 0 Å². The fourth-order valence-electron chi connectivity index (χ4n) is 1.99. The molecule has 2 aromatic rings. The van der Waals surface area contributed by atoms with Crippen molar-refractivity contribution in [2.45, 2.75) is 25.9 Å². The Morgan fingerprint density at radius 2 is 2.32 bits per heavy atom. The summed E-state index contributed by atoms with van der Waals surface area (Å²) >= 11 is 0. The zero-order valence-electron chi connectivity index (χ0n) is 11.1. The molecule has 0 aliphatic heterocycles. The van der Waals surface area contributed by atoms with Gasteiger partial charge in [0.05, 0.1) is 11.6 Å². The van der Waals surface area contributed by atoms with Crippen LogP contribution in [-0.2, 0) is 6.54 Å². The first-order chi connectivity index (χ1) is 9.29. The highest BCUT2D eigenvalue weighted by Gasteiger charge is 2.04. The number of nitrogens with zero attached hydrogens (tertiary/aromatic N) is 3. The van der Waals surface area contributed by atoms with Crippen LogP contribution in [0, 0.1) is 11.3 Å². The second-order valence-corrected chi connectivity index (χ2v) is 4.54. The first kappa shape index (κ1) is 13.3. The minimum Gasteiger partial charge on any atom is -0.310 e. The van der Waals surface area contributed by atoms with Gasteiger partial charge in [-0.1, -0.05) is 12.1 Å². The van der Waals surface area contributed by atoms with Crippen LogP contribution in [0.4, 0.5) is 0 Å². The van der Waals surface area contributed by atoms with E-state index in [1.54, 1.807) is 6.20 Å². The van der Waals surface area contributed by atoms with E-state index in [0.717, 1.165) is 25.1 Å². The Kier molecular flexibility index (Phi) is 4.71. The lowest BCUT2D eigenvalue weighted by molar-refractivity contribution is 0.507. The van der Waals surface area contributed by atoms with Crippen LogP contribution in [-0.4, -0.2) is 16.3 Å². The Morgan fingerprint density at radius 1 is 1.42 bits per heavy atom. The van der Waals surface area contributed by atoms with E-state index in [1.807, 2.05) is 41.2 Å². The van der Waals surface area contributed by atoms with Gasteiger partial charge >= 0.3 is 0 Å². The van der Waals surface area contributed by atoms with Crippen molar-refractivity contribution in [1.29, 1.82) is 5.26 Å². The molecule has 0 saturated heterocycles. The number of hydrogen-bond donors (Lipinski definition) is 1. The normalized spacial score (nSPS) is 12.0. The van der Waals surface area contributed by atoms with E-state index < -0.39 is 0 Å². The van der Waals surface area contributed by atoms with E-state index in [4.69, 9.17) is 5.26 Å². The van der Waals surface area contributed by atoms with E-state index >= 15 is 0 Å². The maximum absolute atomic E-state index is 8.88. The minimum atomic E-state index is 0.255. The highest BCUT2D eigenvalue weighted by atomic mass is 15.3. The van der Waals surface area contributed by atoms with E-state index in [1.165, 1.54) is 0 Å². The molecule has 0 aliphatic carbocycles. The molecule has 98 valence electrons. The van der Waals surface area contributed by atoms with Gasteiger partial charge in [-0.2, -0.15) is 10.4 Å². The molecule has 1 heterocycles. The van der Waals surface area contributed by atoms with Crippen molar-refractivity contribution in [3.63, 3.8) is 0 Å². The van der Waals surface area contributed by atoms with E-state index in [2.05, 4.69) is 23.4 Å². The third kappa shape index (κ3) is 3.94. The smallest absolute Gasteiger partial charge is 0.0991 e. The van der Waals surface area contributed by atoms with Crippen LogP contribution in [0.1, 0.15) is 30.5 Å². The predicted octanol–water partition coefficient (Wildman–Crippen LogP) is 2.50. The third-order valence-corrected chi connectivity index (χ3v) is 3.09. The molecule has 0 spiro atoms. The molecule has 1 unspecified atom stereocenters. The number of aryl methyl sites for hydroxylation is 1. The molecule has 2 rings (SSSR count). The molecule has 1 atom stereocenters. The van der Waals surface area contributed by atoms with Crippen molar-refractivity contribution < 1.29 is 0 Å². The lowest BCUT2D eigenvalue weighted by Gasteiger charge is -2.14. The summed E-state index contributed by atoms with van der Waals surface area (Å²) in [5, 5.41) is 16.5. The molecule has 0 fully saturated rings. The molecular formula is C15H18N4. The molecule has 0 bridgehead atoms. The lowest BCUT2D eigenvalue weighted by Crippen LogP contribution is -2.21. The van der Waals surface area contributed by atoms with Crippen molar-refractivity contribution in [3.8, 4) is 6.07 Å². The summed E-state index contributed by atoms with van der Waals surface area (Å²) in [7, 11) is 0. The van der Waals surface area contributed by atoms with Crippen LogP contribution in [0.25, 0.3) is 0 Å². The average Bonchev–Trinajstić information content (AvgIpc) is 2.96. The van der Waals surface area contributed by atoms with Crippen LogP contribution in [0.3, 0.4) is 0 Å². The molecule has 1 aromatic carbocycles. The first-order valence-corrected chi connectivity index (χ1v) is 6.50. The fraction of sp³-hybridized carbons (Fsp3) is 0.333. The fourth-order valence-corrected chi connectivity index (χ4v) is 1.99. The number of rotatable bonds is 6. The van der Waals surface area contributed by atoms with Crippen molar-refractivity contribution in [2.75, 3.05) is 6.54 Å². The second kappa shape index (κ2) is 6.72. The molecule has 0 aliphatic rings. The van der Waals surface area contributed by atoms with E-state index in [-0.39, 0.29) is 6.04 Å². The summed E-state index contributed by atoms with van der Waals surface area (Å²) in [6, 6.07) is 12.1. The summed E-state index contributed by atoms with van der Waals surface area (Å²) in [5.41, 5.74) is 1.86. The molecule has 1 aromatic heterocycles. The van der Waals surface area contributed by atoms with Gasteiger partial charge in [-0.3, -0.25) is 4.68 Å². The van der Waals surface area contributed by atoms with Crippen molar-refractivity contribution >= 4 is 0 Å². The van der Waals surface area contributed by atoms with Gasteiger partial charge in [0, 0.05) is 25.0 Å². The number of hydrogen-bond acceptors (Lipinski definition) is 3. The van der Waals surface area contributed by atoms with Crippen LogP contribution in [0.15, 0.2) is 42.7 Å². The Balaban J connectivity index is 1.77. The topological polar surface area (TPSA) is 53.6 Å². The van der Waals surface area contributed by atoms with Gasteiger partial charge in [0.1, 0.15) is 0 Å². The number of benzene rings is 1. The van der Waals surface area contributed by atoms with Gasteiger partial charge in [0.2, 0.25) is 0 Å². The molecule has 0 amide bonds. The molecule has 4 nitrogen and oxygen atoms in total.